The van der Waals surface area contributed by atoms with Crippen LogP contribution < -0.4 is 4.74 Å². The molecule has 0 spiro atoms. The summed E-state index contributed by atoms with van der Waals surface area (Å²) in [6.07, 6.45) is 2.95. The third kappa shape index (κ3) is 5.07. The molecule has 19 heavy (non-hydrogen) atoms. The fraction of sp³-hybridized carbons (Fsp3) is 0.400. The molecule has 104 valence electrons. The van der Waals surface area contributed by atoms with E-state index in [2.05, 4.69) is 15.9 Å². The van der Waals surface area contributed by atoms with Crippen molar-refractivity contribution in [2.45, 2.75) is 33.6 Å². The summed E-state index contributed by atoms with van der Waals surface area (Å²) in [6, 6.07) is 5.63. The highest BCUT2D eigenvalue weighted by Crippen LogP contribution is 2.26. The van der Waals surface area contributed by atoms with Crippen molar-refractivity contribution >= 4 is 21.9 Å². The van der Waals surface area contributed by atoms with Crippen LogP contribution in [0.15, 0.2) is 34.5 Å². The molecule has 1 aromatic carbocycles. The molecule has 0 aliphatic rings. The lowest BCUT2D eigenvalue weighted by atomic mass is 10.1. The molecule has 1 aromatic rings. The fourth-order valence-electron chi connectivity index (χ4n) is 1.61. The number of allylic oxidation sites excluding steroid dienone is 2. The van der Waals surface area contributed by atoms with Gasteiger partial charge in [-0.05, 0) is 32.1 Å². The van der Waals surface area contributed by atoms with Crippen LogP contribution in [-0.4, -0.2) is 12.6 Å². The molecule has 0 unspecified atom stereocenters. The SMILES string of the molecule is C/C=C(\CC)Oc1cc(Br)ccc1CC(=O)OCC. The summed E-state index contributed by atoms with van der Waals surface area (Å²) in [5.41, 5.74) is 0.828. The number of hydrogen-bond donors (Lipinski definition) is 0. The van der Waals surface area contributed by atoms with E-state index in [0.29, 0.717) is 12.4 Å². The van der Waals surface area contributed by atoms with Crippen LogP contribution in [0, 0.1) is 0 Å². The van der Waals surface area contributed by atoms with Crippen molar-refractivity contribution in [3.05, 3.63) is 40.1 Å². The summed E-state index contributed by atoms with van der Waals surface area (Å²) in [5, 5.41) is 0. The zero-order chi connectivity index (χ0) is 14.3. The molecule has 0 saturated carbocycles. The Hall–Kier alpha value is -1.29. The maximum absolute atomic E-state index is 11.6. The van der Waals surface area contributed by atoms with Gasteiger partial charge in [-0.15, -0.1) is 0 Å². The summed E-state index contributed by atoms with van der Waals surface area (Å²) in [6.45, 7) is 6.15. The Kier molecular flexibility index (Phi) is 6.64. The molecule has 0 aliphatic carbocycles. The molecule has 0 fully saturated rings. The molecular formula is C15H19BrO3. The second-order valence-corrected chi connectivity index (χ2v) is 4.86. The fourth-order valence-corrected chi connectivity index (χ4v) is 1.95. The van der Waals surface area contributed by atoms with Crippen LogP contribution in [-0.2, 0) is 16.0 Å². The molecule has 4 heteroatoms. The molecule has 0 N–H and O–H groups in total. The third-order valence-corrected chi connectivity index (χ3v) is 3.07. The van der Waals surface area contributed by atoms with Crippen molar-refractivity contribution in [1.82, 2.24) is 0 Å². The Morgan fingerprint density at radius 3 is 2.68 bits per heavy atom. The normalized spacial score (nSPS) is 11.3. The van der Waals surface area contributed by atoms with Gasteiger partial charge in [-0.2, -0.15) is 0 Å². The molecular weight excluding hydrogens is 308 g/mol. The average molecular weight is 327 g/mol. The largest absolute Gasteiger partial charge is 0.466 e. The Bertz CT molecular complexity index is 466. The number of carbonyl (C=O) groups is 1. The van der Waals surface area contributed by atoms with Crippen LogP contribution in [0.4, 0.5) is 0 Å². The average Bonchev–Trinajstić information content (AvgIpc) is 2.39. The highest BCUT2D eigenvalue weighted by Gasteiger charge is 2.11. The predicted octanol–water partition coefficient (Wildman–Crippen LogP) is 4.25. The Morgan fingerprint density at radius 1 is 1.37 bits per heavy atom. The number of carbonyl (C=O) groups excluding carboxylic acids is 1. The van der Waals surface area contributed by atoms with Crippen LogP contribution in [0.5, 0.6) is 5.75 Å². The number of rotatable bonds is 6. The highest BCUT2D eigenvalue weighted by atomic mass is 79.9. The molecule has 1 rings (SSSR count). The van der Waals surface area contributed by atoms with Gasteiger partial charge in [-0.25, -0.2) is 0 Å². The van der Waals surface area contributed by atoms with Crippen molar-refractivity contribution in [3.63, 3.8) is 0 Å². The van der Waals surface area contributed by atoms with E-state index in [1.165, 1.54) is 0 Å². The Morgan fingerprint density at radius 2 is 2.11 bits per heavy atom. The lowest BCUT2D eigenvalue weighted by Gasteiger charge is -2.13. The van der Waals surface area contributed by atoms with Crippen LogP contribution in [0.2, 0.25) is 0 Å². The van der Waals surface area contributed by atoms with E-state index >= 15 is 0 Å². The quantitative estimate of drug-likeness (QED) is 0.579. The Balaban J connectivity index is 2.94. The van der Waals surface area contributed by atoms with Crippen molar-refractivity contribution in [1.29, 1.82) is 0 Å². The Labute approximate surface area is 122 Å². The van der Waals surface area contributed by atoms with Gasteiger partial charge in [0.1, 0.15) is 5.75 Å². The van der Waals surface area contributed by atoms with Crippen LogP contribution in [0.25, 0.3) is 0 Å². The summed E-state index contributed by atoms with van der Waals surface area (Å²) in [7, 11) is 0. The highest BCUT2D eigenvalue weighted by molar-refractivity contribution is 9.10. The van der Waals surface area contributed by atoms with Gasteiger partial charge in [-0.3, -0.25) is 4.79 Å². The molecule has 0 aliphatic heterocycles. The summed E-state index contributed by atoms with van der Waals surface area (Å²) in [4.78, 5) is 11.6. The van der Waals surface area contributed by atoms with E-state index in [1.54, 1.807) is 6.92 Å². The van der Waals surface area contributed by atoms with Crippen LogP contribution in [0.3, 0.4) is 0 Å². The number of hydrogen-bond acceptors (Lipinski definition) is 3. The molecule has 0 atom stereocenters. The first-order valence-electron chi connectivity index (χ1n) is 6.37. The first kappa shape index (κ1) is 15.8. The van der Waals surface area contributed by atoms with Gasteiger partial charge in [0, 0.05) is 16.5 Å². The monoisotopic (exact) mass is 326 g/mol. The molecule has 0 aromatic heterocycles. The van der Waals surface area contributed by atoms with E-state index in [1.807, 2.05) is 38.1 Å². The maximum atomic E-state index is 11.6. The summed E-state index contributed by atoms with van der Waals surface area (Å²) in [5.74, 6) is 1.33. The lowest BCUT2D eigenvalue weighted by molar-refractivity contribution is -0.142. The standard InChI is InChI=1S/C15H19BrO3/c1-4-13(5-2)19-14-10-12(16)8-7-11(14)9-15(17)18-6-3/h4,7-8,10H,5-6,9H2,1-3H3/b13-4+. The van der Waals surface area contributed by atoms with Gasteiger partial charge in [0.25, 0.3) is 0 Å². The van der Waals surface area contributed by atoms with Gasteiger partial charge in [0.15, 0.2) is 0 Å². The van der Waals surface area contributed by atoms with E-state index in [-0.39, 0.29) is 12.4 Å². The van der Waals surface area contributed by atoms with Gasteiger partial charge in [0.05, 0.1) is 18.8 Å². The van der Waals surface area contributed by atoms with Gasteiger partial charge < -0.3 is 9.47 Å². The molecule has 0 amide bonds. The van der Waals surface area contributed by atoms with Gasteiger partial charge in [0.2, 0.25) is 0 Å². The molecule has 3 nitrogen and oxygen atoms in total. The van der Waals surface area contributed by atoms with E-state index in [4.69, 9.17) is 9.47 Å². The van der Waals surface area contributed by atoms with E-state index in [9.17, 15) is 4.79 Å². The first-order valence-corrected chi connectivity index (χ1v) is 7.17. The van der Waals surface area contributed by atoms with E-state index < -0.39 is 0 Å². The van der Waals surface area contributed by atoms with Gasteiger partial charge >= 0.3 is 5.97 Å². The smallest absolute Gasteiger partial charge is 0.310 e. The van der Waals surface area contributed by atoms with Crippen molar-refractivity contribution in [3.8, 4) is 5.75 Å². The number of benzene rings is 1. The van der Waals surface area contributed by atoms with Crippen molar-refractivity contribution in [2.75, 3.05) is 6.61 Å². The minimum Gasteiger partial charge on any atom is -0.466 e. The third-order valence-electron chi connectivity index (χ3n) is 2.58. The lowest BCUT2D eigenvalue weighted by Crippen LogP contribution is -2.09. The maximum Gasteiger partial charge on any atom is 0.310 e. The first-order chi connectivity index (χ1) is 9.10. The molecule has 0 heterocycles. The van der Waals surface area contributed by atoms with E-state index in [0.717, 1.165) is 22.2 Å². The topological polar surface area (TPSA) is 35.5 Å². The minimum atomic E-state index is -0.242. The zero-order valence-corrected chi connectivity index (χ0v) is 13.1. The number of ether oxygens (including phenoxy) is 2. The number of halogens is 1. The van der Waals surface area contributed by atoms with Crippen LogP contribution in [0.1, 0.15) is 32.8 Å². The molecule has 0 bridgehead atoms. The van der Waals surface area contributed by atoms with Crippen molar-refractivity contribution in [2.24, 2.45) is 0 Å². The second kappa shape index (κ2) is 8.00. The minimum absolute atomic E-state index is 0.219. The summed E-state index contributed by atoms with van der Waals surface area (Å²) >= 11 is 3.41. The summed E-state index contributed by atoms with van der Waals surface area (Å²) < 4.78 is 11.7. The van der Waals surface area contributed by atoms with Crippen molar-refractivity contribution < 1.29 is 14.3 Å². The van der Waals surface area contributed by atoms with Crippen LogP contribution >= 0.6 is 15.9 Å². The zero-order valence-electron chi connectivity index (χ0n) is 11.5. The molecule has 0 saturated heterocycles. The predicted molar refractivity (Wildman–Crippen MR) is 79.2 cm³/mol. The number of esters is 1. The second-order valence-electron chi connectivity index (χ2n) is 3.94. The van der Waals surface area contributed by atoms with Gasteiger partial charge in [-0.1, -0.05) is 28.9 Å². The molecule has 0 radical (unpaired) electrons.